The number of H-pyrrole nitrogens is 1. The fourth-order valence-electron chi connectivity index (χ4n) is 6.06. The number of hydrogen-bond donors (Lipinski definition) is 2. The molecule has 0 saturated heterocycles. The highest BCUT2D eigenvalue weighted by molar-refractivity contribution is 7.99. The summed E-state index contributed by atoms with van der Waals surface area (Å²) in [5.41, 5.74) is 2.47. The van der Waals surface area contributed by atoms with Crippen LogP contribution in [-0.2, 0) is 28.4 Å². The number of thioether (sulfide) groups is 1. The molecule has 0 aliphatic heterocycles. The van der Waals surface area contributed by atoms with E-state index in [1.54, 1.807) is 47.9 Å². The number of rotatable bonds is 16. The summed E-state index contributed by atoms with van der Waals surface area (Å²) in [7, 11) is 3.15. The average Bonchev–Trinajstić information content (AvgIpc) is 3.70. The molecule has 2 N–H and O–H groups in total. The van der Waals surface area contributed by atoms with Crippen LogP contribution in [-0.4, -0.2) is 56.0 Å². The lowest BCUT2D eigenvalue weighted by Crippen LogP contribution is -2.27. The molecule has 0 bridgehead atoms. The largest absolute Gasteiger partial charge is 0.469 e. The maximum absolute atomic E-state index is 15.5. The maximum atomic E-state index is 15.5. The maximum Gasteiger partial charge on any atom is 0.305 e. The lowest BCUT2D eigenvalue weighted by atomic mass is 9.75. The number of carbonyl (C=O) groups excluding carboxylic acids is 1. The molecule has 260 valence electrons. The highest BCUT2D eigenvalue weighted by atomic mass is 32.2. The van der Waals surface area contributed by atoms with Gasteiger partial charge in [-0.3, -0.25) is 4.79 Å². The number of nitrogens with one attached hydrogen (secondary N) is 1. The van der Waals surface area contributed by atoms with Gasteiger partial charge in [-0.15, -0.1) is 0 Å². The number of aliphatic hydroxyl groups is 1. The van der Waals surface area contributed by atoms with Gasteiger partial charge in [-0.25, -0.2) is 18.4 Å². The zero-order valence-electron chi connectivity index (χ0n) is 28.7. The number of hydrogen-bond acceptors (Lipinski definition) is 7. The first-order valence-electron chi connectivity index (χ1n) is 16.4. The number of benzene rings is 3. The zero-order chi connectivity index (χ0) is 35.2. The number of aryl methyl sites for hydroxylation is 2. The lowest BCUT2D eigenvalue weighted by Gasteiger charge is -2.30. The van der Waals surface area contributed by atoms with Crippen molar-refractivity contribution in [3.63, 3.8) is 0 Å². The number of methoxy groups -OCH3 is 1. The summed E-state index contributed by atoms with van der Waals surface area (Å²) in [6.07, 6.45) is 5.18. The molecule has 0 radical (unpaired) electrons. The molecule has 1 atom stereocenters. The van der Waals surface area contributed by atoms with E-state index in [4.69, 9.17) is 14.8 Å². The first-order valence-corrected chi connectivity index (χ1v) is 18.4. The van der Waals surface area contributed by atoms with Gasteiger partial charge in [0.25, 0.3) is 0 Å². The van der Waals surface area contributed by atoms with E-state index in [-0.39, 0.29) is 35.8 Å². The number of ether oxygens (including phenoxy) is 1. The zero-order valence-corrected chi connectivity index (χ0v) is 30.3. The van der Waals surface area contributed by atoms with Gasteiger partial charge in [0.1, 0.15) is 11.6 Å². The van der Waals surface area contributed by atoms with Gasteiger partial charge in [-0.05, 0) is 84.9 Å². The number of aromatic amines is 1. The second-order valence-corrected chi connectivity index (χ2v) is 15.6. The third-order valence-electron chi connectivity index (χ3n) is 8.94. The lowest BCUT2D eigenvalue weighted by molar-refractivity contribution is -0.140. The van der Waals surface area contributed by atoms with Crippen LogP contribution in [0.4, 0.5) is 8.78 Å². The molecule has 49 heavy (non-hydrogen) atoms. The predicted octanol–water partition coefficient (Wildman–Crippen LogP) is 8.73. The fourth-order valence-corrected chi connectivity index (χ4v) is 7.94. The monoisotopic (exact) mass is 706 g/mol. The van der Waals surface area contributed by atoms with E-state index in [1.165, 1.54) is 31.0 Å². The van der Waals surface area contributed by atoms with E-state index in [0.29, 0.717) is 33.6 Å². The Morgan fingerprint density at radius 2 is 1.86 bits per heavy atom. The number of aliphatic hydroxyl groups excluding tert-OH is 1. The molecule has 5 aromatic rings. The van der Waals surface area contributed by atoms with Crippen LogP contribution in [0.1, 0.15) is 63.4 Å². The molecule has 7 nitrogen and oxygen atoms in total. The minimum Gasteiger partial charge on any atom is -0.469 e. The number of nitrogens with zero attached hydrogens (tertiary/aromatic N) is 3. The Hall–Kier alpha value is -3.67. The van der Waals surface area contributed by atoms with Crippen LogP contribution in [0.5, 0.6) is 0 Å². The van der Waals surface area contributed by atoms with Crippen molar-refractivity contribution in [2.45, 2.75) is 68.1 Å². The van der Waals surface area contributed by atoms with E-state index < -0.39 is 11.2 Å². The van der Waals surface area contributed by atoms with E-state index in [9.17, 15) is 14.3 Å². The van der Waals surface area contributed by atoms with Gasteiger partial charge in [0.15, 0.2) is 11.6 Å². The molecular formula is C38H44F2N4O3S2. The van der Waals surface area contributed by atoms with Crippen molar-refractivity contribution in [1.29, 1.82) is 0 Å². The van der Waals surface area contributed by atoms with Crippen LogP contribution in [0.3, 0.4) is 0 Å². The average molecular weight is 707 g/mol. The molecular weight excluding hydrogens is 663 g/mol. The van der Waals surface area contributed by atoms with Crippen LogP contribution in [0.25, 0.3) is 22.3 Å². The summed E-state index contributed by atoms with van der Waals surface area (Å²) in [5.74, 6) is 1.55. The van der Waals surface area contributed by atoms with Crippen molar-refractivity contribution < 1.29 is 23.4 Å². The Labute approximate surface area is 295 Å². The van der Waals surface area contributed by atoms with Crippen LogP contribution in [0, 0.1) is 17.0 Å². The van der Waals surface area contributed by atoms with Crippen LogP contribution >= 0.6 is 23.5 Å². The van der Waals surface area contributed by atoms with Crippen molar-refractivity contribution in [3.8, 4) is 11.4 Å². The van der Waals surface area contributed by atoms with Gasteiger partial charge in [-0.2, -0.15) is 16.9 Å². The van der Waals surface area contributed by atoms with Gasteiger partial charge in [-0.1, -0.05) is 56.3 Å². The summed E-state index contributed by atoms with van der Waals surface area (Å²) in [4.78, 5) is 21.0. The van der Waals surface area contributed by atoms with E-state index in [0.717, 1.165) is 47.0 Å². The molecule has 5 rings (SSSR count). The van der Waals surface area contributed by atoms with Crippen molar-refractivity contribution >= 4 is 40.4 Å². The second-order valence-electron chi connectivity index (χ2n) is 13.4. The van der Waals surface area contributed by atoms with Crippen molar-refractivity contribution in [2.24, 2.45) is 12.5 Å². The van der Waals surface area contributed by atoms with Gasteiger partial charge >= 0.3 is 5.97 Å². The molecule has 2 aromatic heterocycles. The summed E-state index contributed by atoms with van der Waals surface area (Å²) >= 11 is 2.99. The minimum absolute atomic E-state index is 0.0676. The summed E-state index contributed by atoms with van der Waals surface area (Å²) in [6, 6.07) is 18.0. The van der Waals surface area contributed by atoms with Crippen LogP contribution < -0.4 is 0 Å². The van der Waals surface area contributed by atoms with Gasteiger partial charge < -0.3 is 14.8 Å². The van der Waals surface area contributed by atoms with E-state index >= 15 is 4.39 Å². The molecule has 0 aliphatic rings. The third kappa shape index (κ3) is 8.93. The minimum atomic E-state index is -0.621. The predicted molar refractivity (Wildman–Crippen MR) is 194 cm³/mol. The Morgan fingerprint density at radius 3 is 2.63 bits per heavy atom. The Kier molecular flexibility index (Phi) is 11.9. The highest BCUT2D eigenvalue weighted by Crippen LogP contribution is 2.40. The standard InChI is InChI=1S/C38H44F2N4O3S2/c1-37(2,24-48-19-18-45)15-7-16-38(3,27-9-6-8-25(20-27)10-13-34(46)47-5)36-42-35(44(4)43-36)29-22-28(11-12-30(29)39)49-33-21-26-14-17-41-32(26)23-31(33)40/h6,8-9,11-12,14,17,20-23,41,45H,7,10,13,15-16,18-19,24H2,1-5H3. The fraction of sp³-hybridized carbons (Fsp3) is 0.395. The molecule has 0 aliphatic carbocycles. The molecule has 0 saturated carbocycles. The third-order valence-corrected chi connectivity index (χ3v) is 11.4. The Morgan fingerprint density at radius 1 is 1.04 bits per heavy atom. The Bertz CT molecular complexity index is 1910. The smallest absolute Gasteiger partial charge is 0.305 e. The van der Waals surface area contributed by atoms with Gasteiger partial charge in [0, 0.05) is 46.1 Å². The molecule has 0 amide bonds. The number of halogens is 2. The van der Waals surface area contributed by atoms with Crippen molar-refractivity contribution in [2.75, 3.05) is 25.2 Å². The summed E-state index contributed by atoms with van der Waals surface area (Å²) in [6.45, 7) is 6.79. The van der Waals surface area contributed by atoms with Gasteiger partial charge in [0.05, 0.1) is 24.7 Å². The number of carbonyl (C=O) groups is 1. The molecule has 0 spiro atoms. The van der Waals surface area contributed by atoms with Crippen LogP contribution in [0.2, 0.25) is 0 Å². The number of fused-ring (bicyclic) bond motifs is 1. The quantitative estimate of drug-likeness (QED) is 0.0783. The summed E-state index contributed by atoms with van der Waals surface area (Å²) < 4.78 is 36.9. The Balaban J connectivity index is 1.47. The van der Waals surface area contributed by atoms with Crippen LogP contribution in [0.15, 0.2) is 76.7 Å². The molecule has 11 heteroatoms. The molecule has 1 unspecified atom stereocenters. The van der Waals surface area contributed by atoms with Crippen molar-refractivity contribution in [1.82, 2.24) is 19.7 Å². The molecule has 3 aromatic carbocycles. The SMILES string of the molecule is COC(=O)CCc1cccc(C(C)(CCCC(C)(C)CSCCO)c2nc(-c3cc(Sc4cc5cc[nH]c5cc4F)ccc3F)n(C)n2)c1. The van der Waals surface area contributed by atoms with Gasteiger partial charge in [0.2, 0.25) is 0 Å². The molecule has 2 heterocycles. The first-order chi connectivity index (χ1) is 23.4. The first kappa shape index (κ1) is 36.6. The number of esters is 1. The van der Waals surface area contributed by atoms with Crippen molar-refractivity contribution in [3.05, 3.63) is 95.4 Å². The molecule has 0 fully saturated rings. The normalized spacial score (nSPS) is 13.1. The van der Waals surface area contributed by atoms with E-state index in [2.05, 4.69) is 37.9 Å². The summed E-state index contributed by atoms with van der Waals surface area (Å²) in [5, 5.41) is 15.0. The topological polar surface area (TPSA) is 93.0 Å². The highest BCUT2D eigenvalue weighted by Gasteiger charge is 2.35. The van der Waals surface area contributed by atoms with E-state index in [1.807, 2.05) is 18.2 Å². The number of aromatic nitrogens is 4. The second kappa shape index (κ2) is 15.9.